The van der Waals surface area contributed by atoms with Gasteiger partial charge < -0.3 is 15.4 Å². The van der Waals surface area contributed by atoms with Crippen molar-refractivity contribution in [2.24, 2.45) is 0 Å². The summed E-state index contributed by atoms with van der Waals surface area (Å²) in [5, 5.41) is 5.87. The summed E-state index contributed by atoms with van der Waals surface area (Å²) in [4.78, 5) is 27.9. The van der Waals surface area contributed by atoms with Crippen molar-refractivity contribution in [2.75, 3.05) is 24.3 Å². The van der Waals surface area contributed by atoms with Gasteiger partial charge in [-0.1, -0.05) is 36.4 Å². The second-order valence-corrected chi connectivity index (χ2v) is 8.94. The zero-order chi connectivity index (χ0) is 23.5. The highest BCUT2D eigenvalue weighted by Crippen LogP contribution is 2.41. The Morgan fingerprint density at radius 1 is 0.912 bits per heavy atom. The fourth-order valence-corrected chi connectivity index (χ4v) is 4.79. The Hall–Kier alpha value is -3.64. The van der Waals surface area contributed by atoms with Gasteiger partial charge >= 0.3 is 0 Å². The predicted molar refractivity (Wildman–Crippen MR) is 133 cm³/mol. The standard InChI is InChI=1S/C28H29N3O3/c1-34-26-9-5-4-8-24(26)30-28(33)20-10-13-21(14-11-20)29-27(32)18-31(22-15-16-22)25-17-12-19-6-2-3-7-23(19)25/h2-11,13-14,22,25H,12,15-18H2,1H3,(H,29,32)(H,30,33). The maximum Gasteiger partial charge on any atom is 0.255 e. The summed E-state index contributed by atoms with van der Waals surface area (Å²) < 4.78 is 5.29. The summed E-state index contributed by atoms with van der Waals surface area (Å²) >= 11 is 0. The summed E-state index contributed by atoms with van der Waals surface area (Å²) in [5.41, 5.74) is 4.57. The molecule has 2 aliphatic carbocycles. The van der Waals surface area contributed by atoms with Crippen molar-refractivity contribution >= 4 is 23.2 Å². The molecule has 3 aromatic carbocycles. The topological polar surface area (TPSA) is 70.7 Å². The van der Waals surface area contributed by atoms with Crippen LogP contribution in [0.3, 0.4) is 0 Å². The molecule has 2 N–H and O–H groups in total. The van der Waals surface area contributed by atoms with Crippen molar-refractivity contribution in [3.8, 4) is 5.75 Å². The van der Waals surface area contributed by atoms with Gasteiger partial charge in [-0.15, -0.1) is 0 Å². The smallest absolute Gasteiger partial charge is 0.255 e. The van der Waals surface area contributed by atoms with Gasteiger partial charge in [0.1, 0.15) is 5.75 Å². The Balaban J connectivity index is 1.21. The number of hydrogen-bond acceptors (Lipinski definition) is 4. The van der Waals surface area contributed by atoms with Gasteiger partial charge in [-0.3, -0.25) is 14.5 Å². The van der Waals surface area contributed by atoms with Crippen LogP contribution in [0.2, 0.25) is 0 Å². The summed E-state index contributed by atoms with van der Waals surface area (Å²) in [6.07, 6.45) is 4.45. The van der Waals surface area contributed by atoms with E-state index in [9.17, 15) is 9.59 Å². The Bertz CT molecular complexity index is 1190. The third kappa shape index (κ3) is 4.82. The number of carbonyl (C=O) groups excluding carboxylic acids is 2. The van der Waals surface area contributed by atoms with Gasteiger partial charge in [0.2, 0.25) is 5.91 Å². The molecule has 1 fully saturated rings. The molecule has 2 amide bonds. The summed E-state index contributed by atoms with van der Waals surface area (Å²) in [5.74, 6) is 0.342. The number of para-hydroxylation sites is 2. The van der Waals surface area contributed by atoms with Crippen LogP contribution in [-0.4, -0.2) is 36.4 Å². The van der Waals surface area contributed by atoms with Crippen molar-refractivity contribution < 1.29 is 14.3 Å². The number of benzene rings is 3. The van der Waals surface area contributed by atoms with Gasteiger partial charge in [0.15, 0.2) is 0 Å². The monoisotopic (exact) mass is 455 g/mol. The Labute approximate surface area is 199 Å². The molecule has 1 atom stereocenters. The molecule has 2 aliphatic rings. The summed E-state index contributed by atoms with van der Waals surface area (Å²) in [6, 6.07) is 23.6. The number of hydrogen-bond donors (Lipinski definition) is 2. The Kier molecular flexibility index (Phi) is 6.32. The van der Waals surface area contributed by atoms with Gasteiger partial charge in [0.25, 0.3) is 5.91 Å². The predicted octanol–water partition coefficient (Wildman–Crippen LogP) is 5.04. The number of carbonyl (C=O) groups is 2. The van der Waals surface area contributed by atoms with Crippen molar-refractivity contribution in [2.45, 2.75) is 37.8 Å². The molecule has 3 aromatic rings. The first kappa shape index (κ1) is 22.2. The van der Waals surface area contributed by atoms with Gasteiger partial charge in [-0.2, -0.15) is 0 Å². The number of methoxy groups -OCH3 is 1. The third-order valence-corrected chi connectivity index (χ3v) is 6.63. The van der Waals surface area contributed by atoms with E-state index in [2.05, 4.69) is 39.8 Å². The molecule has 0 heterocycles. The minimum atomic E-state index is -0.234. The van der Waals surface area contributed by atoms with E-state index in [0.717, 1.165) is 25.7 Å². The number of ether oxygens (including phenoxy) is 1. The largest absolute Gasteiger partial charge is 0.495 e. The van der Waals surface area contributed by atoms with E-state index in [1.54, 1.807) is 43.5 Å². The molecule has 1 unspecified atom stereocenters. The molecule has 0 saturated heterocycles. The van der Waals surface area contributed by atoms with Crippen molar-refractivity contribution in [3.05, 3.63) is 89.5 Å². The molecule has 6 nitrogen and oxygen atoms in total. The van der Waals surface area contributed by atoms with Crippen LogP contribution in [0, 0.1) is 0 Å². The SMILES string of the molecule is COc1ccccc1NC(=O)c1ccc(NC(=O)CN(C2CC2)C2CCc3ccccc32)cc1. The van der Waals surface area contributed by atoms with Gasteiger partial charge in [0, 0.05) is 23.3 Å². The van der Waals surface area contributed by atoms with Crippen LogP contribution >= 0.6 is 0 Å². The number of nitrogens with one attached hydrogen (secondary N) is 2. The molecule has 0 bridgehead atoms. The Morgan fingerprint density at radius 2 is 1.65 bits per heavy atom. The highest BCUT2D eigenvalue weighted by Gasteiger charge is 2.38. The first-order chi connectivity index (χ1) is 16.6. The quantitative estimate of drug-likeness (QED) is 0.499. The first-order valence-electron chi connectivity index (χ1n) is 11.8. The van der Waals surface area contributed by atoms with Crippen LogP contribution in [0.4, 0.5) is 11.4 Å². The van der Waals surface area contributed by atoms with Crippen LogP contribution in [-0.2, 0) is 11.2 Å². The van der Waals surface area contributed by atoms with Crippen LogP contribution in [0.25, 0.3) is 0 Å². The molecule has 0 radical (unpaired) electrons. The molecule has 34 heavy (non-hydrogen) atoms. The summed E-state index contributed by atoms with van der Waals surface area (Å²) in [6.45, 7) is 0.375. The second-order valence-electron chi connectivity index (χ2n) is 8.94. The highest BCUT2D eigenvalue weighted by molar-refractivity contribution is 6.05. The van der Waals surface area contributed by atoms with Crippen molar-refractivity contribution in [1.82, 2.24) is 4.90 Å². The molecular weight excluding hydrogens is 426 g/mol. The summed E-state index contributed by atoms with van der Waals surface area (Å²) in [7, 11) is 1.57. The van der Waals surface area contributed by atoms with E-state index in [4.69, 9.17) is 4.74 Å². The van der Waals surface area contributed by atoms with E-state index in [1.807, 2.05) is 12.1 Å². The first-order valence-corrected chi connectivity index (χ1v) is 11.8. The molecule has 0 aliphatic heterocycles. The van der Waals surface area contributed by atoms with Crippen LogP contribution in [0.15, 0.2) is 72.8 Å². The van der Waals surface area contributed by atoms with Crippen LogP contribution in [0.5, 0.6) is 5.75 Å². The van der Waals surface area contributed by atoms with E-state index in [0.29, 0.717) is 41.3 Å². The minimum absolute atomic E-state index is 0.0255. The molecule has 174 valence electrons. The lowest BCUT2D eigenvalue weighted by Crippen LogP contribution is -2.37. The third-order valence-electron chi connectivity index (χ3n) is 6.63. The van der Waals surface area contributed by atoms with Crippen molar-refractivity contribution in [3.63, 3.8) is 0 Å². The highest BCUT2D eigenvalue weighted by atomic mass is 16.5. The van der Waals surface area contributed by atoms with Gasteiger partial charge in [-0.05, 0) is 73.2 Å². The lowest BCUT2D eigenvalue weighted by molar-refractivity contribution is -0.118. The fraction of sp³-hybridized carbons (Fsp3) is 0.286. The average Bonchev–Trinajstić information content (AvgIpc) is 3.62. The maximum absolute atomic E-state index is 12.9. The molecule has 6 heteroatoms. The van der Waals surface area contributed by atoms with E-state index in [-0.39, 0.29) is 11.8 Å². The molecule has 0 spiro atoms. The number of fused-ring (bicyclic) bond motifs is 1. The average molecular weight is 456 g/mol. The van der Waals surface area contributed by atoms with E-state index >= 15 is 0 Å². The maximum atomic E-state index is 12.9. The van der Waals surface area contributed by atoms with Gasteiger partial charge in [-0.25, -0.2) is 0 Å². The number of aryl methyl sites for hydroxylation is 1. The molecule has 5 rings (SSSR count). The number of nitrogens with zero attached hydrogens (tertiary/aromatic N) is 1. The van der Waals surface area contributed by atoms with Crippen LogP contribution < -0.4 is 15.4 Å². The van der Waals surface area contributed by atoms with E-state index in [1.165, 1.54) is 11.1 Å². The van der Waals surface area contributed by atoms with Gasteiger partial charge in [0.05, 0.1) is 19.3 Å². The normalized spacial score (nSPS) is 16.7. The second kappa shape index (κ2) is 9.69. The fourth-order valence-electron chi connectivity index (χ4n) is 4.79. The lowest BCUT2D eigenvalue weighted by Gasteiger charge is -2.29. The zero-order valence-corrected chi connectivity index (χ0v) is 19.3. The van der Waals surface area contributed by atoms with E-state index < -0.39 is 0 Å². The number of rotatable bonds is 8. The molecule has 1 saturated carbocycles. The molecular formula is C28H29N3O3. The lowest BCUT2D eigenvalue weighted by atomic mass is 10.1. The Morgan fingerprint density at radius 3 is 2.41 bits per heavy atom. The zero-order valence-electron chi connectivity index (χ0n) is 19.3. The van der Waals surface area contributed by atoms with Crippen molar-refractivity contribution in [1.29, 1.82) is 0 Å². The minimum Gasteiger partial charge on any atom is -0.495 e. The number of amides is 2. The van der Waals surface area contributed by atoms with Crippen LogP contribution in [0.1, 0.15) is 46.8 Å². The molecule has 0 aromatic heterocycles. The number of anilines is 2.